The number of rotatable bonds is 18. The lowest BCUT2D eigenvalue weighted by Gasteiger charge is -2.05. The summed E-state index contributed by atoms with van der Waals surface area (Å²) in [6, 6.07) is 0. The highest BCUT2D eigenvalue weighted by atomic mass is 16.3. The molecule has 0 atom stereocenters. The van der Waals surface area contributed by atoms with Crippen molar-refractivity contribution in [3.8, 4) is 0 Å². The SMILES string of the molecule is C=CCCCCCCCCC=C(CO)CCCCCCCC=C. The fourth-order valence-electron chi connectivity index (χ4n) is 2.86. The quantitative estimate of drug-likeness (QED) is 0.210. The van der Waals surface area contributed by atoms with Crippen LogP contribution < -0.4 is 0 Å². The Labute approximate surface area is 145 Å². The van der Waals surface area contributed by atoms with E-state index < -0.39 is 0 Å². The molecule has 0 unspecified atom stereocenters. The second kappa shape index (κ2) is 19.2. The number of aliphatic hydroxyl groups is 1. The molecule has 0 saturated heterocycles. The van der Waals surface area contributed by atoms with E-state index in [1.807, 2.05) is 12.2 Å². The van der Waals surface area contributed by atoms with E-state index in [4.69, 9.17) is 0 Å². The van der Waals surface area contributed by atoms with Crippen LogP contribution in [0.2, 0.25) is 0 Å². The van der Waals surface area contributed by atoms with E-state index in [0.717, 1.165) is 25.7 Å². The molecule has 0 heterocycles. The lowest BCUT2D eigenvalue weighted by atomic mass is 10.0. The van der Waals surface area contributed by atoms with Crippen LogP contribution in [0.3, 0.4) is 0 Å². The van der Waals surface area contributed by atoms with Gasteiger partial charge in [0.1, 0.15) is 0 Å². The average Bonchev–Trinajstić information content (AvgIpc) is 2.57. The number of unbranched alkanes of at least 4 members (excludes halogenated alkanes) is 12. The Bertz CT molecular complexity index is 290. The molecule has 1 N–H and O–H groups in total. The van der Waals surface area contributed by atoms with Crippen LogP contribution in [0.25, 0.3) is 0 Å². The molecule has 0 bridgehead atoms. The number of hydrogen-bond acceptors (Lipinski definition) is 1. The van der Waals surface area contributed by atoms with Crippen molar-refractivity contribution in [2.45, 2.75) is 96.3 Å². The Balaban J connectivity index is 3.45. The summed E-state index contributed by atoms with van der Waals surface area (Å²) in [5, 5.41) is 9.43. The average molecular weight is 321 g/mol. The molecule has 0 fully saturated rings. The maximum absolute atomic E-state index is 9.43. The zero-order valence-corrected chi connectivity index (χ0v) is 15.4. The standard InChI is InChI=1S/C22H40O/c1-3-5-7-9-11-12-14-16-18-20-22(21-23)19-17-15-13-10-8-6-4-2/h3-4,20,23H,1-2,5-19,21H2. The van der Waals surface area contributed by atoms with E-state index in [1.54, 1.807) is 0 Å². The van der Waals surface area contributed by atoms with Crippen molar-refractivity contribution in [2.75, 3.05) is 6.61 Å². The first-order valence-electron chi connectivity index (χ1n) is 9.85. The molecule has 0 aliphatic heterocycles. The van der Waals surface area contributed by atoms with Crippen LogP contribution in [-0.2, 0) is 0 Å². The van der Waals surface area contributed by atoms with Gasteiger partial charge < -0.3 is 5.11 Å². The molecule has 0 amide bonds. The number of allylic oxidation sites excluding steroid dienone is 3. The summed E-state index contributed by atoms with van der Waals surface area (Å²) < 4.78 is 0. The Morgan fingerprint density at radius 3 is 1.52 bits per heavy atom. The molecule has 0 saturated carbocycles. The minimum absolute atomic E-state index is 0.248. The van der Waals surface area contributed by atoms with E-state index >= 15 is 0 Å². The first kappa shape index (κ1) is 22.2. The molecule has 0 aromatic heterocycles. The van der Waals surface area contributed by atoms with Crippen molar-refractivity contribution >= 4 is 0 Å². The summed E-state index contributed by atoms with van der Waals surface area (Å²) in [6.45, 7) is 7.76. The number of aliphatic hydroxyl groups excluding tert-OH is 1. The molecule has 1 heteroatoms. The van der Waals surface area contributed by atoms with E-state index in [9.17, 15) is 5.11 Å². The van der Waals surface area contributed by atoms with Gasteiger partial charge in [-0.05, 0) is 56.9 Å². The summed E-state index contributed by atoms with van der Waals surface area (Å²) >= 11 is 0. The lowest BCUT2D eigenvalue weighted by molar-refractivity contribution is 0.324. The van der Waals surface area contributed by atoms with Gasteiger partial charge in [-0.15, -0.1) is 13.2 Å². The van der Waals surface area contributed by atoms with Crippen LogP contribution in [0.1, 0.15) is 96.3 Å². The fourth-order valence-corrected chi connectivity index (χ4v) is 2.86. The normalized spacial score (nSPS) is 11.6. The van der Waals surface area contributed by atoms with Crippen molar-refractivity contribution in [1.29, 1.82) is 0 Å². The van der Waals surface area contributed by atoms with Gasteiger partial charge in [0, 0.05) is 0 Å². The smallest absolute Gasteiger partial charge is 0.0641 e. The molecule has 0 radical (unpaired) electrons. The summed E-state index contributed by atoms with van der Waals surface area (Å²) in [6.07, 6.45) is 25.2. The molecule has 23 heavy (non-hydrogen) atoms. The van der Waals surface area contributed by atoms with Crippen molar-refractivity contribution in [2.24, 2.45) is 0 Å². The van der Waals surface area contributed by atoms with E-state index in [-0.39, 0.29) is 6.61 Å². The van der Waals surface area contributed by atoms with Crippen molar-refractivity contribution in [3.05, 3.63) is 37.0 Å². The Morgan fingerprint density at radius 1 is 0.609 bits per heavy atom. The lowest BCUT2D eigenvalue weighted by Crippen LogP contribution is -1.92. The van der Waals surface area contributed by atoms with Crippen LogP contribution in [0.15, 0.2) is 37.0 Å². The van der Waals surface area contributed by atoms with Gasteiger partial charge in [0.25, 0.3) is 0 Å². The highest BCUT2D eigenvalue weighted by molar-refractivity contribution is 5.01. The Morgan fingerprint density at radius 2 is 1.04 bits per heavy atom. The highest BCUT2D eigenvalue weighted by Gasteiger charge is 1.97. The maximum Gasteiger partial charge on any atom is 0.0641 e. The first-order chi connectivity index (χ1) is 11.3. The maximum atomic E-state index is 9.43. The van der Waals surface area contributed by atoms with Crippen LogP contribution in [0.4, 0.5) is 0 Å². The molecular weight excluding hydrogens is 280 g/mol. The topological polar surface area (TPSA) is 20.2 Å². The minimum atomic E-state index is 0.248. The zero-order valence-electron chi connectivity index (χ0n) is 15.4. The monoisotopic (exact) mass is 320 g/mol. The first-order valence-corrected chi connectivity index (χ1v) is 9.85. The van der Waals surface area contributed by atoms with Gasteiger partial charge in [0.2, 0.25) is 0 Å². The van der Waals surface area contributed by atoms with Crippen molar-refractivity contribution in [3.63, 3.8) is 0 Å². The minimum Gasteiger partial charge on any atom is -0.392 e. The fraction of sp³-hybridized carbons (Fsp3) is 0.727. The van der Waals surface area contributed by atoms with Crippen LogP contribution >= 0.6 is 0 Å². The molecule has 0 spiro atoms. The Hall–Kier alpha value is -0.820. The van der Waals surface area contributed by atoms with Gasteiger partial charge in [-0.1, -0.05) is 63.2 Å². The molecule has 0 aliphatic carbocycles. The molecule has 134 valence electrons. The third-order valence-electron chi connectivity index (χ3n) is 4.40. The van der Waals surface area contributed by atoms with Gasteiger partial charge in [0.15, 0.2) is 0 Å². The summed E-state index contributed by atoms with van der Waals surface area (Å²) in [5.74, 6) is 0. The number of hydrogen-bond donors (Lipinski definition) is 1. The molecule has 0 rings (SSSR count). The third-order valence-corrected chi connectivity index (χ3v) is 4.40. The largest absolute Gasteiger partial charge is 0.392 e. The van der Waals surface area contributed by atoms with Crippen molar-refractivity contribution in [1.82, 2.24) is 0 Å². The van der Waals surface area contributed by atoms with E-state index in [2.05, 4.69) is 19.2 Å². The highest BCUT2D eigenvalue weighted by Crippen LogP contribution is 2.14. The van der Waals surface area contributed by atoms with Gasteiger partial charge in [-0.2, -0.15) is 0 Å². The molecule has 1 nitrogen and oxygen atoms in total. The van der Waals surface area contributed by atoms with Gasteiger partial charge in [0.05, 0.1) is 6.61 Å². The second-order valence-corrected chi connectivity index (χ2v) is 6.60. The summed E-state index contributed by atoms with van der Waals surface area (Å²) in [7, 11) is 0. The predicted molar refractivity (Wildman–Crippen MR) is 105 cm³/mol. The van der Waals surface area contributed by atoms with Gasteiger partial charge >= 0.3 is 0 Å². The van der Waals surface area contributed by atoms with Gasteiger partial charge in [-0.3, -0.25) is 0 Å². The van der Waals surface area contributed by atoms with Gasteiger partial charge in [-0.25, -0.2) is 0 Å². The van der Waals surface area contributed by atoms with Crippen molar-refractivity contribution < 1.29 is 5.11 Å². The third kappa shape index (κ3) is 17.4. The Kier molecular flexibility index (Phi) is 18.5. The van der Waals surface area contributed by atoms with E-state index in [0.29, 0.717) is 0 Å². The van der Waals surface area contributed by atoms with E-state index in [1.165, 1.54) is 76.2 Å². The van der Waals surface area contributed by atoms with Crippen LogP contribution in [0.5, 0.6) is 0 Å². The van der Waals surface area contributed by atoms with Crippen LogP contribution in [0, 0.1) is 0 Å². The summed E-state index contributed by atoms with van der Waals surface area (Å²) in [4.78, 5) is 0. The zero-order chi connectivity index (χ0) is 17.0. The second-order valence-electron chi connectivity index (χ2n) is 6.60. The van der Waals surface area contributed by atoms with Crippen LogP contribution in [-0.4, -0.2) is 11.7 Å². The summed E-state index contributed by atoms with van der Waals surface area (Å²) in [5.41, 5.74) is 1.25. The predicted octanol–water partition coefficient (Wildman–Crippen LogP) is 7.13. The molecular formula is C22H40O. The molecule has 0 aromatic carbocycles. The molecule has 0 aliphatic rings. The molecule has 0 aromatic rings.